The van der Waals surface area contributed by atoms with Gasteiger partial charge in [0.05, 0.1) is 5.54 Å². The number of rotatable bonds is 6. The van der Waals surface area contributed by atoms with Crippen LogP contribution in [0.4, 0.5) is 0 Å². The number of primary amides is 1. The molecule has 0 spiro atoms. The molecule has 0 heterocycles. The van der Waals surface area contributed by atoms with E-state index in [1.165, 1.54) is 6.42 Å². The molecule has 0 radical (unpaired) electrons. The van der Waals surface area contributed by atoms with Gasteiger partial charge in [0.1, 0.15) is 0 Å². The number of amides is 1. The standard InChI is InChI=1S/C14H29N3O/c1-11(2)12-6-5-7-14(10-12,13(15)18)16-8-9-17(3)4/h11-12,16H,5-10H2,1-4H3,(H2,15,18). The minimum absolute atomic E-state index is 0.174. The third-order valence-corrected chi connectivity index (χ3v) is 4.23. The first kappa shape index (κ1) is 15.4. The van der Waals surface area contributed by atoms with E-state index in [0.717, 1.165) is 32.4 Å². The van der Waals surface area contributed by atoms with E-state index in [9.17, 15) is 4.79 Å². The molecular weight excluding hydrogens is 226 g/mol. The fraction of sp³-hybridized carbons (Fsp3) is 0.929. The molecule has 2 atom stereocenters. The number of hydrogen-bond acceptors (Lipinski definition) is 3. The summed E-state index contributed by atoms with van der Waals surface area (Å²) >= 11 is 0. The summed E-state index contributed by atoms with van der Waals surface area (Å²) in [6.07, 6.45) is 4.11. The predicted molar refractivity (Wildman–Crippen MR) is 75.3 cm³/mol. The van der Waals surface area contributed by atoms with Gasteiger partial charge in [-0.3, -0.25) is 4.79 Å². The van der Waals surface area contributed by atoms with Crippen LogP contribution in [0.1, 0.15) is 39.5 Å². The number of carbonyl (C=O) groups excluding carboxylic acids is 1. The first-order chi connectivity index (χ1) is 8.37. The van der Waals surface area contributed by atoms with Crippen molar-refractivity contribution in [2.45, 2.75) is 45.1 Å². The Morgan fingerprint density at radius 1 is 1.50 bits per heavy atom. The van der Waals surface area contributed by atoms with Gasteiger partial charge < -0.3 is 16.0 Å². The summed E-state index contributed by atoms with van der Waals surface area (Å²) in [5.41, 5.74) is 5.20. The quantitative estimate of drug-likeness (QED) is 0.750. The highest BCUT2D eigenvalue weighted by atomic mass is 16.1. The maximum Gasteiger partial charge on any atom is 0.237 e. The van der Waals surface area contributed by atoms with E-state index in [1.54, 1.807) is 0 Å². The Morgan fingerprint density at radius 3 is 2.67 bits per heavy atom. The van der Waals surface area contributed by atoms with E-state index in [2.05, 4.69) is 24.1 Å². The predicted octanol–water partition coefficient (Wildman–Crippen LogP) is 1.21. The summed E-state index contributed by atoms with van der Waals surface area (Å²) in [5, 5.41) is 3.43. The number of hydrogen-bond donors (Lipinski definition) is 2. The Labute approximate surface area is 111 Å². The normalized spacial score (nSPS) is 28.9. The van der Waals surface area contributed by atoms with E-state index in [1.807, 2.05) is 14.1 Å². The molecule has 106 valence electrons. The lowest BCUT2D eigenvalue weighted by Crippen LogP contribution is -2.59. The number of likely N-dealkylation sites (N-methyl/N-ethyl adjacent to an activating group) is 1. The molecule has 3 N–H and O–H groups in total. The van der Waals surface area contributed by atoms with Crippen molar-refractivity contribution >= 4 is 5.91 Å². The van der Waals surface area contributed by atoms with Crippen molar-refractivity contribution in [2.75, 3.05) is 27.2 Å². The molecule has 1 fully saturated rings. The molecule has 1 saturated carbocycles. The number of nitrogens with two attached hydrogens (primary N) is 1. The van der Waals surface area contributed by atoms with Crippen molar-refractivity contribution < 1.29 is 4.79 Å². The second-order valence-electron chi connectivity index (χ2n) is 6.28. The van der Waals surface area contributed by atoms with E-state index >= 15 is 0 Å². The van der Waals surface area contributed by atoms with Gasteiger partial charge in [0.15, 0.2) is 0 Å². The van der Waals surface area contributed by atoms with Crippen LogP contribution in [-0.4, -0.2) is 43.5 Å². The molecular formula is C14H29N3O. The molecule has 1 rings (SSSR count). The van der Waals surface area contributed by atoms with E-state index < -0.39 is 5.54 Å². The molecule has 4 nitrogen and oxygen atoms in total. The molecule has 0 saturated heterocycles. The van der Waals surface area contributed by atoms with Crippen molar-refractivity contribution in [2.24, 2.45) is 17.6 Å². The van der Waals surface area contributed by atoms with Crippen molar-refractivity contribution in [3.8, 4) is 0 Å². The van der Waals surface area contributed by atoms with Crippen LogP contribution in [0.5, 0.6) is 0 Å². The van der Waals surface area contributed by atoms with Gasteiger partial charge in [-0.25, -0.2) is 0 Å². The summed E-state index contributed by atoms with van der Waals surface area (Å²) in [6.45, 7) is 6.23. The van der Waals surface area contributed by atoms with Crippen LogP contribution in [0.15, 0.2) is 0 Å². The Kier molecular flexibility index (Phi) is 5.60. The summed E-state index contributed by atoms with van der Waals surface area (Å²) in [6, 6.07) is 0. The molecule has 18 heavy (non-hydrogen) atoms. The van der Waals surface area contributed by atoms with Crippen LogP contribution in [0.2, 0.25) is 0 Å². The molecule has 1 aliphatic rings. The maximum absolute atomic E-state index is 11.9. The van der Waals surface area contributed by atoms with Crippen molar-refractivity contribution in [1.29, 1.82) is 0 Å². The van der Waals surface area contributed by atoms with Crippen LogP contribution >= 0.6 is 0 Å². The lowest BCUT2D eigenvalue weighted by Gasteiger charge is -2.41. The second kappa shape index (κ2) is 6.53. The molecule has 1 amide bonds. The van der Waals surface area contributed by atoms with Gasteiger partial charge in [-0.05, 0) is 38.8 Å². The molecule has 2 unspecified atom stereocenters. The highest BCUT2D eigenvalue weighted by molar-refractivity contribution is 5.84. The van der Waals surface area contributed by atoms with Crippen molar-refractivity contribution in [3.63, 3.8) is 0 Å². The van der Waals surface area contributed by atoms with Crippen molar-refractivity contribution in [1.82, 2.24) is 10.2 Å². The van der Waals surface area contributed by atoms with Gasteiger partial charge in [-0.15, -0.1) is 0 Å². The SMILES string of the molecule is CC(C)C1CCCC(NCCN(C)C)(C(N)=O)C1. The summed E-state index contributed by atoms with van der Waals surface area (Å²) in [4.78, 5) is 14.0. The zero-order valence-corrected chi connectivity index (χ0v) is 12.3. The molecule has 0 bridgehead atoms. The Morgan fingerprint density at radius 2 is 2.17 bits per heavy atom. The largest absolute Gasteiger partial charge is 0.368 e. The molecule has 1 aliphatic carbocycles. The number of carbonyl (C=O) groups is 1. The van der Waals surface area contributed by atoms with Crippen molar-refractivity contribution in [3.05, 3.63) is 0 Å². The fourth-order valence-electron chi connectivity index (χ4n) is 2.88. The van der Waals surface area contributed by atoms with Crippen LogP contribution < -0.4 is 11.1 Å². The number of nitrogens with one attached hydrogen (secondary N) is 1. The second-order valence-corrected chi connectivity index (χ2v) is 6.28. The average molecular weight is 255 g/mol. The molecule has 0 aromatic rings. The Bertz CT molecular complexity index is 278. The highest BCUT2D eigenvalue weighted by Crippen LogP contribution is 2.36. The lowest BCUT2D eigenvalue weighted by atomic mass is 9.71. The van der Waals surface area contributed by atoms with Gasteiger partial charge in [0, 0.05) is 13.1 Å². The van der Waals surface area contributed by atoms with Gasteiger partial charge in [0.25, 0.3) is 0 Å². The zero-order valence-electron chi connectivity index (χ0n) is 12.3. The summed E-state index contributed by atoms with van der Waals surface area (Å²) in [5.74, 6) is 1.06. The van der Waals surface area contributed by atoms with Crippen LogP contribution in [0.3, 0.4) is 0 Å². The first-order valence-corrected chi connectivity index (χ1v) is 7.07. The van der Waals surface area contributed by atoms with Gasteiger partial charge in [-0.2, -0.15) is 0 Å². The van der Waals surface area contributed by atoms with Gasteiger partial charge in [-0.1, -0.05) is 26.7 Å². The third-order valence-electron chi connectivity index (χ3n) is 4.23. The Balaban J connectivity index is 2.64. The van der Waals surface area contributed by atoms with Gasteiger partial charge >= 0.3 is 0 Å². The van der Waals surface area contributed by atoms with E-state index in [4.69, 9.17) is 5.73 Å². The first-order valence-electron chi connectivity index (χ1n) is 7.07. The van der Waals surface area contributed by atoms with Crippen LogP contribution in [-0.2, 0) is 4.79 Å². The van der Waals surface area contributed by atoms with Gasteiger partial charge in [0.2, 0.25) is 5.91 Å². The summed E-state index contributed by atoms with van der Waals surface area (Å²) < 4.78 is 0. The minimum Gasteiger partial charge on any atom is -0.368 e. The minimum atomic E-state index is -0.469. The fourth-order valence-corrected chi connectivity index (χ4v) is 2.88. The Hall–Kier alpha value is -0.610. The smallest absolute Gasteiger partial charge is 0.237 e. The highest BCUT2D eigenvalue weighted by Gasteiger charge is 2.41. The van der Waals surface area contributed by atoms with Crippen LogP contribution in [0, 0.1) is 11.8 Å². The van der Waals surface area contributed by atoms with E-state index in [0.29, 0.717) is 11.8 Å². The average Bonchev–Trinajstić information content (AvgIpc) is 2.28. The molecule has 0 aromatic carbocycles. The maximum atomic E-state index is 11.9. The molecule has 4 heteroatoms. The topological polar surface area (TPSA) is 58.4 Å². The molecule has 0 aromatic heterocycles. The summed E-state index contributed by atoms with van der Waals surface area (Å²) in [7, 11) is 4.08. The monoisotopic (exact) mass is 255 g/mol. The van der Waals surface area contributed by atoms with Crippen LogP contribution in [0.25, 0.3) is 0 Å². The zero-order chi connectivity index (χ0) is 13.8. The lowest BCUT2D eigenvalue weighted by molar-refractivity contribution is -0.126. The number of nitrogens with zero attached hydrogens (tertiary/aromatic N) is 1. The third kappa shape index (κ3) is 3.95. The van der Waals surface area contributed by atoms with E-state index in [-0.39, 0.29) is 5.91 Å². The molecule has 0 aliphatic heterocycles.